The van der Waals surface area contributed by atoms with Gasteiger partial charge in [-0.25, -0.2) is 0 Å². The van der Waals surface area contributed by atoms with E-state index in [1.165, 1.54) is 0 Å². The van der Waals surface area contributed by atoms with Crippen LogP contribution in [-0.2, 0) is 0 Å². The lowest BCUT2D eigenvalue weighted by atomic mass is 10.4. The maximum atomic E-state index is 5.51. The normalized spacial score (nSPS) is 13.5. The minimum Gasteiger partial charge on any atom is -0.402 e. The summed E-state index contributed by atoms with van der Waals surface area (Å²) in [4.78, 5) is 6.12. The molecule has 0 aromatic rings. The van der Waals surface area contributed by atoms with Crippen molar-refractivity contribution in [1.29, 1.82) is 0 Å². The maximum Gasteiger partial charge on any atom is 0.124 e. The first-order chi connectivity index (χ1) is 5.11. The van der Waals surface area contributed by atoms with Crippen molar-refractivity contribution in [3.8, 4) is 0 Å². The predicted octanol–water partition coefficient (Wildman–Crippen LogP) is 0.829. The van der Waals surface area contributed by atoms with Crippen LogP contribution in [0.4, 0.5) is 0 Å². The molecule has 0 aliphatic rings. The van der Waals surface area contributed by atoms with Crippen molar-refractivity contribution in [2.45, 2.75) is 13.8 Å². The smallest absolute Gasteiger partial charge is 0.124 e. The van der Waals surface area contributed by atoms with E-state index in [9.17, 15) is 0 Å². The van der Waals surface area contributed by atoms with Crippen LogP contribution in [0.15, 0.2) is 16.8 Å². The minimum atomic E-state index is 0.783. The van der Waals surface area contributed by atoms with Gasteiger partial charge in [0.15, 0.2) is 0 Å². The standard InChI is InChI=1S/C8H17N3/c1-5-11(4)8(10-3)6-7(2)9/h6H,5,9H2,1-4H3/b7-6-,10-8?. The summed E-state index contributed by atoms with van der Waals surface area (Å²) in [6, 6.07) is 0. The zero-order chi connectivity index (χ0) is 8.85. The number of hydrogen-bond acceptors (Lipinski definition) is 2. The first-order valence-corrected chi connectivity index (χ1v) is 3.73. The fourth-order valence-electron chi connectivity index (χ4n) is 0.711. The van der Waals surface area contributed by atoms with Crippen LogP contribution in [0.3, 0.4) is 0 Å². The second kappa shape index (κ2) is 4.77. The Morgan fingerprint density at radius 3 is 2.45 bits per heavy atom. The Morgan fingerprint density at radius 2 is 2.18 bits per heavy atom. The lowest BCUT2D eigenvalue weighted by Gasteiger charge is -2.15. The van der Waals surface area contributed by atoms with Gasteiger partial charge in [-0.2, -0.15) is 0 Å². The highest BCUT2D eigenvalue weighted by atomic mass is 15.1. The number of allylic oxidation sites excluding steroid dienone is 1. The fourth-order valence-corrected chi connectivity index (χ4v) is 0.711. The number of hydrogen-bond donors (Lipinski definition) is 1. The van der Waals surface area contributed by atoms with E-state index < -0.39 is 0 Å². The Labute approximate surface area is 68.6 Å². The highest BCUT2D eigenvalue weighted by Crippen LogP contribution is 1.91. The van der Waals surface area contributed by atoms with Crippen LogP contribution in [-0.4, -0.2) is 31.4 Å². The molecule has 3 nitrogen and oxygen atoms in total. The van der Waals surface area contributed by atoms with Gasteiger partial charge in [0, 0.05) is 26.3 Å². The van der Waals surface area contributed by atoms with Crippen molar-refractivity contribution in [1.82, 2.24) is 4.90 Å². The third-order valence-electron chi connectivity index (χ3n) is 1.45. The molecule has 0 heterocycles. The van der Waals surface area contributed by atoms with Gasteiger partial charge < -0.3 is 10.6 Å². The largest absolute Gasteiger partial charge is 0.402 e. The summed E-state index contributed by atoms with van der Waals surface area (Å²) in [5.74, 6) is 0.924. The molecule has 0 saturated heterocycles. The lowest BCUT2D eigenvalue weighted by molar-refractivity contribution is 0.537. The zero-order valence-electron chi connectivity index (χ0n) is 7.76. The first kappa shape index (κ1) is 10.0. The number of nitrogens with zero attached hydrogens (tertiary/aromatic N) is 2. The van der Waals surface area contributed by atoms with E-state index in [0.29, 0.717) is 0 Å². The summed E-state index contributed by atoms with van der Waals surface area (Å²) in [6.45, 7) is 4.87. The molecular formula is C8H17N3. The van der Waals surface area contributed by atoms with Crippen molar-refractivity contribution in [3.05, 3.63) is 11.8 Å². The number of rotatable bonds is 2. The Kier molecular flexibility index (Phi) is 4.34. The van der Waals surface area contributed by atoms with E-state index in [4.69, 9.17) is 5.73 Å². The van der Waals surface area contributed by atoms with E-state index in [1.807, 2.05) is 24.9 Å². The molecule has 0 spiro atoms. The molecule has 0 radical (unpaired) electrons. The number of aliphatic imine (C=N–C) groups is 1. The molecule has 0 amide bonds. The molecule has 11 heavy (non-hydrogen) atoms. The molecule has 0 aromatic heterocycles. The molecule has 0 aliphatic heterocycles. The summed E-state index contributed by atoms with van der Waals surface area (Å²) < 4.78 is 0. The molecule has 0 bridgehead atoms. The molecule has 0 saturated carbocycles. The van der Waals surface area contributed by atoms with Gasteiger partial charge in [-0.15, -0.1) is 0 Å². The molecular weight excluding hydrogens is 138 g/mol. The van der Waals surface area contributed by atoms with Gasteiger partial charge in [0.05, 0.1) is 0 Å². The molecule has 2 N–H and O–H groups in total. The summed E-state index contributed by atoms with van der Waals surface area (Å²) >= 11 is 0. The highest BCUT2D eigenvalue weighted by Gasteiger charge is 1.97. The molecule has 0 aliphatic carbocycles. The van der Waals surface area contributed by atoms with E-state index in [0.717, 1.165) is 18.1 Å². The van der Waals surface area contributed by atoms with Crippen LogP contribution in [0.25, 0.3) is 0 Å². The number of amidine groups is 1. The third kappa shape index (κ3) is 3.65. The predicted molar refractivity (Wildman–Crippen MR) is 49.6 cm³/mol. The average Bonchev–Trinajstić information content (AvgIpc) is 1.98. The molecule has 0 rings (SSSR count). The lowest BCUT2D eigenvalue weighted by Crippen LogP contribution is -2.25. The van der Waals surface area contributed by atoms with Gasteiger partial charge in [-0.1, -0.05) is 0 Å². The van der Waals surface area contributed by atoms with Crippen LogP contribution in [0.5, 0.6) is 0 Å². The second-order valence-electron chi connectivity index (χ2n) is 2.48. The quantitative estimate of drug-likeness (QED) is 0.474. The first-order valence-electron chi connectivity index (χ1n) is 3.73. The van der Waals surface area contributed by atoms with Gasteiger partial charge in [-0.3, -0.25) is 4.99 Å². The maximum absolute atomic E-state index is 5.51. The summed E-state index contributed by atoms with van der Waals surface area (Å²) in [7, 11) is 3.75. The number of nitrogens with two attached hydrogens (primary N) is 1. The third-order valence-corrected chi connectivity index (χ3v) is 1.45. The number of likely N-dealkylation sites (N-methyl/N-ethyl adjacent to an activating group) is 1. The summed E-state index contributed by atoms with van der Waals surface area (Å²) in [6.07, 6.45) is 1.86. The van der Waals surface area contributed by atoms with Crippen molar-refractivity contribution >= 4 is 5.84 Å². The Morgan fingerprint density at radius 1 is 1.64 bits per heavy atom. The van der Waals surface area contributed by atoms with E-state index in [-0.39, 0.29) is 0 Å². The van der Waals surface area contributed by atoms with Crippen molar-refractivity contribution in [3.63, 3.8) is 0 Å². The van der Waals surface area contributed by atoms with Crippen LogP contribution in [0, 0.1) is 0 Å². The van der Waals surface area contributed by atoms with Crippen molar-refractivity contribution in [2.75, 3.05) is 20.6 Å². The van der Waals surface area contributed by atoms with Gasteiger partial charge in [0.2, 0.25) is 0 Å². The van der Waals surface area contributed by atoms with Crippen LogP contribution >= 0.6 is 0 Å². The molecule has 64 valence electrons. The Balaban J connectivity index is 4.32. The molecule has 0 aromatic carbocycles. The van der Waals surface area contributed by atoms with Gasteiger partial charge >= 0.3 is 0 Å². The molecule has 0 unspecified atom stereocenters. The molecule has 3 heteroatoms. The Hall–Kier alpha value is -0.990. The van der Waals surface area contributed by atoms with Gasteiger partial charge in [0.1, 0.15) is 5.84 Å². The summed E-state index contributed by atoms with van der Waals surface area (Å²) in [5.41, 5.74) is 6.30. The highest BCUT2D eigenvalue weighted by molar-refractivity contribution is 5.93. The topological polar surface area (TPSA) is 41.6 Å². The summed E-state index contributed by atoms with van der Waals surface area (Å²) in [5, 5.41) is 0. The SMILES string of the molecule is CCN(C)C(/C=C(/C)N)=NC. The minimum absolute atomic E-state index is 0.783. The van der Waals surface area contributed by atoms with Gasteiger partial charge in [0.25, 0.3) is 0 Å². The Bertz CT molecular complexity index is 166. The zero-order valence-corrected chi connectivity index (χ0v) is 7.76. The van der Waals surface area contributed by atoms with Crippen LogP contribution in [0.2, 0.25) is 0 Å². The fraction of sp³-hybridized carbons (Fsp3) is 0.625. The van der Waals surface area contributed by atoms with Crippen LogP contribution in [0.1, 0.15) is 13.8 Å². The molecule has 0 atom stereocenters. The van der Waals surface area contributed by atoms with E-state index in [2.05, 4.69) is 11.9 Å². The van der Waals surface area contributed by atoms with Crippen LogP contribution < -0.4 is 5.73 Å². The second-order valence-corrected chi connectivity index (χ2v) is 2.48. The van der Waals surface area contributed by atoms with Crippen molar-refractivity contribution < 1.29 is 0 Å². The molecule has 0 fully saturated rings. The van der Waals surface area contributed by atoms with E-state index >= 15 is 0 Å². The average molecular weight is 155 g/mol. The van der Waals surface area contributed by atoms with E-state index in [1.54, 1.807) is 7.05 Å². The van der Waals surface area contributed by atoms with Crippen molar-refractivity contribution in [2.24, 2.45) is 10.7 Å². The van der Waals surface area contributed by atoms with Gasteiger partial charge in [-0.05, 0) is 19.9 Å². The monoisotopic (exact) mass is 155 g/mol.